The molecular weight excluding hydrogens is 351 g/mol. The number of hydrogen-bond acceptors (Lipinski definition) is 6. The van der Waals surface area contributed by atoms with Gasteiger partial charge in [-0.2, -0.15) is 0 Å². The standard InChI is InChI=1S/C19H25FN4O3/c1-11-10-21-8-7-14(11)22-19(25)16-17(27-23-18(16)24(2)3)12-5-6-13(20)15(9-12)26-4/h5-6,9,11,14,21H,7-8,10H2,1-4H3,(H,22,25). The fourth-order valence-electron chi connectivity index (χ4n) is 3.26. The molecule has 1 fully saturated rings. The Morgan fingerprint density at radius 3 is 2.89 bits per heavy atom. The highest BCUT2D eigenvalue weighted by atomic mass is 19.1. The van der Waals surface area contributed by atoms with Crippen LogP contribution in [-0.2, 0) is 0 Å². The van der Waals surface area contributed by atoms with E-state index < -0.39 is 5.82 Å². The molecular formula is C19H25FN4O3. The van der Waals surface area contributed by atoms with Crippen LogP contribution in [0.1, 0.15) is 23.7 Å². The first-order valence-corrected chi connectivity index (χ1v) is 8.94. The van der Waals surface area contributed by atoms with Gasteiger partial charge in [0.2, 0.25) is 0 Å². The normalized spacial score (nSPS) is 19.6. The van der Waals surface area contributed by atoms with Gasteiger partial charge in [0.1, 0.15) is 5.56 Å². The Labute approximate surface area is 157 Å². The molecule has 0 bridgehead atoms. The molecule has 1 aliphatic heterocycles. The smallest absolute Gasteiger partial charge is 0.259 e. The molecule has 2 atom stereocenters. The molecule has 0 aliphatic carbocycles. The van der Waals surface area contributed by atoms with Gasteiger partial charge in [-0.05, 0) is 43.6 Å². The number of hydrogen-bond donors (Lipinski definition) is 2. The van der Waals surface area contributed by atoms with Crippen LogP contribution in [0, 0.1) is 11.7 Å². The number of amides is 1. The van der Waals surface area contributed by atoms with Crippen molar-refractivity contribution in [2.45, 2.75) is 19.4 Å². The summed E-state index contributed by atoms with van der Waals surface area (Å²) in [5, 5.41) is 10.5. The predicted octanol–water partition coefficient (Wildman–Crippen LogP) is 2.28. The third kappa shape index (κ3) is 3.90. The minimum absolute atomic E-state index is 0.0688. The van der Waals surface area contributed by atoms with Gasteiger partial charge >= 0.3 is 0 Å². The summed E-state index contributed by atoms with van der Waals surface area (Å²) in [6.07, 6.45) is 0.856. The Hall–Kier alpha value is -2.61. The highest BCUT2D eigenvalue weighted by Gasteiger charge is 2.30. The van der Waals surface area contributed by atoms with E-state index >= 15 is 0 Å². The van der Waals surface area contributed by atoms with E-state index in [1.165, 1.54) is 19.2 Å². The quantitative estimate of drug-likeness (QED) is 0.834. The zero-order chi connectivity index (χ0) is 19.6. The van der Waals surface area contributed by atoms with E-state index in [4.69, 9.17) is 9.26 Å². The van der Waals surface area contributed by atoms with Gasteiger partial charge in [0.25, 0.3) is 5.91 Å². The minimum atomic E-state index is -0.483. The second kappa shape index (κ2) is 7.96. The average Bonchev–Trinajstić information content (AvgIpc) is 3.09. The molecule has 7 nitrogen and oxygen atoms in total. The molecule has 27 heavy (non-hydrogen) atoms. The summed E-state index contributed by atoms with van der Waals surface area (Å²) in [6, 6.07) is 4.39. The molecule has 1 aliphatic rings. The van der Waals surface area contributed by atoms with Crippen molar-refractivity contribution in [3.8, 4) is 17.1 Å². The molecule has 2 N–H and O–H groups in total. The molecule has 1 aromatic carbocycles. The molecule has 2 heterocycles. The van der Waals surface area contributed by atoms with Crippen molar-refractivity contribution >= 4 is 11.7 Å². The highest BCUT2D eigenvalue weighted by molar-refractivity contribution is 6.04. The van der Waals surface area contributed by atoms with Crippen molar-refractivity contribution in [2.24, 2.45) is 5.92 Å². The van der Waals surface area contributed by atoms with Crippen LogP contribution < -0.4 is 20.3 Å². The van der Waals surface area contributed by atoms with E-state index in [1.807, 2.05) is 0 Å². The topological polar surface area (TPSA) is 79.6 Å². The summed E-state index contributed by atoms with van der Waals surface area (Å²) in [4.78, 5) is 14.8. The van der Waals surface area contributed by atoms with Crippen LogP contribution in [-0.4, -0.2) is 51.4 Å². The number of benzene rings is 1. The van der Waals surface area contributed by atoms with Crippen LogP contribution in [0.25, 0.3) is 11.3 Å². The Kier molecular flexibility index (Phi) is 5.65. The van der Waals surface area contributed by atoms with Crippen LogP contribution >= 0.6 is 0 Å². The maximum Gasteiger partial charge on any atom is 0.259 e. The second-order valence-electron chi connectivity index (χ2n) is 7.00. The molecule has 1 saturated heterocycles. The van der Waals surface area contributed by atoms with Crippen molar-refractivity contribution in [1.82, 2.24) is 15.8 Å². The van der Waals surface area contributed by atoms with Gasteiger partial charge in [-0.25, -0.2) is 4.39 Å². The van der Waals surface area contributed by atoms with Gasteiger partial charge in [-0.3, -0.25) is 4.79 Å². The van der Waals surface area contributed by atoms with Crippen LogP contribution in [0.2, 0.25) is 0 Å². The minimum Gasteiger partial charge on any atom is -0.494 e. The van der Waals surface area contributed by atoms with Gasteiger partial charge in [0.15, 0.2) is 23.1 Å². The predicted molar refractivity (Wildman–Crippen MR) is 101 cm³/mol. The SMILES string of the molecule is COc1cc(-c2onc(N(C)C)c2C(=O)NC2CCNCC2C)ccc1F. The van der Waals surface area contributed by atoms with Crippen LogP contribution in [0.5, 0.6) is 5.75 Å². The number of carbonyl (C=O) groups excluding carboxylic acids is 1. The summed E-state index contributed by atoms with van der Waals surface area (Å²) in [5.74, 6) is 0.372. The van der Waals surface area contributed by atoms with E-state index in [0.29, 0.717) is 22.9 Å². The van der Waals surface area contributed by atoms with Crippen molar-refractivity contribution in [1.29, 1.82) is 0 Å². The first-order valence-electron chi connectivity index (χ1n) is 8.94. The summed E-state index contributed by atoms with van der Waals surface area (Å²) < 4.78 is 24.3. The Balaban J connectivity index is 1.98. The molecule has 1 amide bonds. The van der Waals surface area contributed by atoms with Gasteiger partial charge in [0, 0.05) is 25.7 Å². The van der Waals surface area contributed by atoms with Gasteiger partial charge in [-0.15, -0.1) is 0 Å². The second-order valence-corrected chi connectivity index (χ2v) is 7.00. The Morgan fingerprint density at radius 1 is 1.44 bits per heavy atom. The zero-order valence-electron chi connectivity index (χ0n) is 16.0. The number of nitrogens with zero attached hydrogens (tertiary/aromatic N) is 2. The molecule has 0 saturated carbocycles. The van der Waals surface area contributed by atoms with Crippen LogP contribution in [0.4, 0.5) is 10.2 Å². The number of aromatic nitrogens is 1. The lowest BCUT2D eigenvalue weighted by atomic mass is 9.95. The third-order valence-corrected chi connectivity index (χ3v) is 4.84. The van der Waals surface area contributed by atoms with Crippen molar-refractivity contribution in [2.75, 3.05) is 39.2 Å². The maximum absolute atomic E-state index is 13.8. The molecule has 0 spiro atoms. The van der Waals surface area contributed by atoms with E-state index in [2.05, 4.69) is 22.7 Å². The summed E-state index contributed by atoms with van der Waals surface area (Å²) in [6.45, 7) is 3.82. The third-order valence-electron chi connectivity index (χ3n) is 4.84. The fourth-order valence-corrected chi connectivity index (χ4v) is 3.26. The number of halogens is 1. The monoisotopic (exact) mass is 376 g/mol. The number of piperidine rings is 1. The molecule has 2 unspecified atom stereocenters. The first-order chi connectivity index (χ1) is 12.9. The van der Waals surface area contributed by atoms with E-state index in [-0.39, 0.29) is 23.5 Å². The van der Waals surface area contributed by atoms with Gasteiger partial charge in [0.05, 0.1) is 7.11 Å². The molecule has 3 rings (SSSR count). The highest BCUT2D eigenvalue weighted by Crippen LogP contribution is 2.33. The van der Waals surface area contributed by atoms with Crippen LogP contribution in [0.15, 0.2) is 22.7 Å². The number of nitrogens with one attached hydrogen (secondary N) is 2. The Morgan fingerprint density at radius 2 is 2.22 bits per heavy atom. The lowest BCUT2D eigenvalue weighted by molar-refractivity contribution is 0.0915. The average molecular weight is 376 g/mol. The number of rotatable bonds is 5. The van der Waals surface area contributed by atoms with Crippen molar-refractivity contribution in [3.63, 3.8) is 0 Å². The molecule has 2 aromatic rings. The van der Waals surface area contributed by atoms with E-state index in [0.717, 1.165) is 19.5 Å². The number of methoxy groups -OCH3 is 1. The molecule has 0 radical (unpaired) electrons. The summed E-state index contributed by atoms with van der Waals surface area (Å²) >= 11 is 0. The number of anilines is 1. The Bertz CT molecular complexity index is 821. The van der Waals surface area contributed by atoms with E-state index in [1.54, 1.807) is 25.1 Å². The first kappa shape index (κ1) is 19.2. The van der Waals surface area contributed by atoms with Crippen LogP contribution in [0.3, 0.4) is 0 Å². The molecule has 146 valence electrons. The number of carbonyl (C=O) groups is 1. The summed E-state index contributed by atoms with van der Waals surface area (Å²) in [7, 11) is 4.97. The number of ether oxygens (including phenoxy) is 1. The largest absolute Gasteiger partial charge is 0.494 e. The molecule has 1 aromatic heterocycles. The maximum atomic E-state index is 13.8. The lowest BCUT2D eigenvalue weighted by Gasteiger charge is -2.30. The lowest BCUT2D eigenvalue weighted by Crippen LogP contribution is -2.48. The zero-order valence-corrected chi connectivity index (χ0v) is 16.0. The van der Waals surface area contributed by atoms with E-state index in [9.17, 15) is 9.18 Å². The van der Waals surface area contributed by atoms with Gasteiger partial charge < -0.3 is 24.8 Å². The fraction of sp³-hybridized carbons (Fsp3) is 0.474. The molecule has 8 heteroatoms. The summed E-state index contributed by atoms with van der Waals surface area (Å²) in [5.41, 5.74) is 0.858. The van der Waals surface area contributed by atoms with Crippen molar-refractivity contribution < 1.29 is 18.4 Å². The van der Waals surface area contributed by atoms with Crippen molar-refractivity contribution in [3.05, 3.63) is 29.6 Å². The van der Waals surface area contributed by atoms with Gasteiger partial charge in [-0.1, -0.05) is 12.1 Å².